The van der Waals surface area contributed by atoms with Crippen LogP contribution in [0.2, 0.25) is 0 Å². The van der Waals surface area contributed by atoms with Crippen LogP contribution in [0.15, 0.2) is 35.5 Å². The van der Waals surface area contributed by atoms with Crippen molar-refractivity contribution in [2.45, 2.75) is 19.4 Å². The summed E-state index contributed by atoms with van der Waals surface area (Å²) in [7, 11) is 0. The Hall–Kier alpha value is -2.04. The molecule has 1 aliphatic heterocycles. The average Bonchev–Trinajstić information content (AvgIpc) is 2.79. The number of rotatable bonds is 2. The first-order valence-corrected chi connectivity index (χ1v) is 5.42. The average molecular weight is 235 g/mol. The van der Waals surface area contributed by atoms with Gasteiger partial charge in [0, 0.05) is 0 Å². The van der Waals surface area contributed by atoms with Crippen LogP contribution < -0.4 is 0 Å². The van der Waals surface area contributed by atoms with Gasteiger partial charge in [-0.25, -0.2) is 4.79 Å². The molecular weight excluding hydrogens is 222 g/mol. The monoisotopic (exact) mass is 235 g/mol. The molecule has 0 bridgehead atoms. The van der Waals surface area contributed by atoms with Crippen LogP contribution in [0.1, 0.15) is 25.0 Å². The smallest absolute Gasteiger partial charge is 0.434 e. The van der Waals surface area contributed by atoms with Gasteiger partial charge in [-0.2, -0.15) is 0 Å². The summed E-state index contributed by atoms with van der Waals surface area (Å²) in [4.78, 5) is 16.2. The molecule has 2 rings (SSSR count). The molecular formula is C12H13NO4. The van der Waals surface area contributed by atoms with Crippen LogP contribution in [-0.4, -0.2) is 18.7 Å². The van der Waals surface area contributed by atoms with Crippen LogP contribution in [-0.2, 0) is 14.3 Å². The molecule has 0 spiro atoms. The van der Waals surface area contributed by atoms with E-state index in [2.05, 4.69) is 9.89 Å². The summed E-state index contributed by atoms with van der Waals surface area (Å²) in [6.07, 6.45) is -0.507. The third-order valence-electron chi connectivity index (χ3n) is 2.28. The number of nitrogens with zero attached hydrogens (tertiary/aromatic N) is 1. The van der Waals surface area contributed by atoms with Crippen LogP contribution in [0, 0.1) is 0 Å². The van der Waals surface area contributed by atoms with Crippen molar-refractivity contribution < 1.29 is 19.1 Å². The molecule has 1 aliphatic rings. The summed E-state index contributed by atoms with van der Waals surface area (Å²) in [5.74, 6) is 0.248. The molecule has 90 valence electrons. The Morgan fingerprint density at radius 3 is 2.94 bits per heavy atom. The second-order valence-electron chi connectivity index (χ2n) is 3.48. The topological polar surface area (TPSA) is 57.1 Å². The van der Waals surface area contributed by atoms with E-state index in [0.29, 0.717) is 6.42 Å². The van der Waals surface area contributed by atoms with E-state index in [1.165, 1.54) is 0 Å². The Labute approximate surface area is 99.0 Å². The molecule has 1 aromatic carbocycles. The van der Waals surface area contributed by atoms with Crippen LogP contribution in [0.25, 0.3) is 0 Å². The van der Waals surface area contributed by atoms with E-state index < -0.39 is 6.16 Å². The number of carbonyl (C=O) groups excluding carboxylic acids is 1. The highest BCUT2D eigenvalue weighted by Crippen LogP contribution is 2.27. The van der Waals surface area contributed by atoms with Crippen LogP contribution in [0.5, 0.6) is 0 Å². The van der Waals surface area contributed by atoms with Gasteiger partial charge >= 0.3 is 6.16 Å². The Morgan fingerprint density at radius 1 is 1.47 bits per heavy atom. The summed E-state index contributed by atoms with van der Waals surface area (Å²) in [5.41, 5.74) is 0.999. The Morgan fingerprint density at radius 2 is 2.24 bits per heavy atom. The van der Waals surface area contributed by atoms with E-state index in [9.17, 15) is 4.79 Å². The fraction of sp³-hybridized carbons (Fsp3) is 0.333. The van der Waals surface area contributed by atoms with Crippen molar-refractivity contribution in [1.29, 1.82) is 0 Å². The lowest BCUT2D eigenvalue weighted by Crippen LogP contribution is -2.12. The van der Waals surface area contributed by atoms with Crippen molar-refractivity contribution >= 4 is 12.1 Å². The third-order valence-corrected chi connectivity index (χ3v) is 2.28. The van der Waals surface area contributed by atoms with Gasteiger partial charge in [0.25, 0.3) is 0 Å². The normalized spacial score (nSPS) is 18.2. The van der Waals surface area contributed by atoms with Crippen molar-refractivity contribution in [3.63, 3.8) is 0 Å². The molecule has 5 heteroatoms. The fourth-order valence-corrected chi connectivity index (χ4v) is 1.51. The quantitative estimate of drug-likeness (QED) is 0.739. The lowest BCUT2D eigenvalue weighted by molar-refractivity contribution is 0.0841. The minimum Gasteiger partial charge on any atom is -0.434 e. The van der Waals surface area contributed by atoms with Crippen molar-refractivity contribution in [1.82, 2.24) is 0 Å². The van der Waals surface area contributed by atoms with Crippen LogP contribution >= 0.6 is 0 Å². The summed E-state index contributed by atoms with van der Waals surface area (Å²) in [5, 5.41) is 3.71. The largest absolute Gasteiger partial charge is 0.515 e. The first-order chi connectivity index (χ1) is 8.29. The Balaban J connectivity index is 1.89. The molecule has 1 heterocycles. The first kappa shape index (κ1) is 11.4. The van der Waals surface area contributed by atoms with Crippen molar-refractivity contribution in [3.8, 4) is 0 Å². The molecule has 1 atom stereocenters. The molecule has 1 unspecified atom stereocenters. The van der Waals surface area contributed by atoms with E-state index in [4.69, 9.17) is 9.57 Å². The van der Waals surface area contributed by atoms with Gasteiger partial charge < -0.3 is 14.3 Å². The summed E-state index contributed by atoms with van der Waals surface area (Å²) >= 11 is 0. The van der Waals surface area contributed by atoms with Gasteiger partial charge in [0.1, 0.15) is 0 Å². The molecule has 0 aromatic heterocycles. The summed E-state index contributed by atoms with van der Waals surface area (Å²) < 4.78 is 9.51. The van der Waals surface area contributed by atoms with Crippen LogP contribution in [0.3, 0.4) is 0 Å². The molecule has 0 amide bonds. The standard InChI is InChI=1S/C12H13NO4/c1-2-15-12(14)16-11-8-10(17-13-11)9-6-4-3-5-7-9/h3-7,10H,2,8H2,1H3. The van der Waals surface area contributed by atoms with E-state index in [-0.39, 0.29) is 18.6 Å². The predicted octanol–water partition coefficient (Wildman–Crippen LogP) is 2.63. The lowest BCUT2D eigenvalue weighted by Gasteiger charge is -2.06. The molecule has 17 heavy (non-hydrogen) atoms. The maximum atomic E-state index is 11.1. The maximum Gasteiger partial charge on any atom is 0.515 e. The zero-order chi connectivity index (χ0) is 12.1. The maximum absolute atomic E-state index is 11.1. The minimum atomic E-state index is -0.747. The molecule has 1 aromatic rings. The van der Waals surface area contributed by atoms with Crippen LogP contribution in [0.4, 0.5) is 4.79 Å². The lowest BCUT2D eigenvalue weighted by atomic mass is 10.1. The first-order valence-electron chi connectivity index (χ1n) is 5.42. The zero-order valence-electron chi connectivity index (χ0n) is 9.46. The number of oxime groups is 1. The highest BCUT2D eigenvalue weighted by Gasteiger charge is 2.25. The molecule has 0 aliphatic carbocycles. The molecule has 0 saturated carbocycles. The minimum absolute atomic E-state index is 0.194. The van der Waals surface area contributed by atoms with Gasteiger partial charge in [0.15, 0.2) is 6.10 Å². The number of carbonyl (C=O) groups is 1. The molecule has 5 nitrogen and oxygen atoms in total. The zero-order valence-corrected chi connectivity index (χ0v) is 9.46. The number of ether oxygens (including phenoxy) is 2. The predicted molar refractivity (Wildman–Crippen MR) is 60.4 cm³/mol. The molecule has 0 fully saturated rings. The fourth-order valence-electron chi connectivity index (χ4n) is 1.51. The molecule has 0 saturated heterocycles. The van der Waals surface area contributed by atoms with Crippen molar-refractivity contribution in [2.24, 2.45) is 5.16 Å². The number of hydrogen-bond donors (Lipinski definition) is 0. The van der Waals surface area contributed by atoms with Gasteiger partial charge in [-0.3, -0.25) is 0 Å². The van der Waals surface area contributed by atoms with E-state index >= 15 is 0 Å². The van der Waals surface area contributed by atoms with Gasteiger partial charge in [-0.05, 0) is 12.5 Å². The van der Waals surface area contributed by atoms with Crippen molar-refractivity contribution in [3.05, 3.63) is 35.9 Å². The number of hydrogen-bond acceptors (Lipinski definition) is 5. The molecule has 0 radical (unpaired) electrons. The highest BCUT2D eigenvalue weighted by molar-refractivity contribution is 5.86. The SMILES string of the molecule is CCOC(=O)OC1=NOC(c2ccccc2)C1. The highest BCUT2D eigenvalue weighted by atomic mass is 16.7. The second kappa shape index (κ2) is 5.34. The Bertz CT molecular complexity index is 416. The van der Waals surface area contributed by atoms with E-state index in [1.54, 1.807) is 6.92 Å². The Kier molecular flexibility index (Phi) is 3.59. The molecule has 0 N–H and O–H groups in total. The van der Waals surface area contributed by atoms with E-state index in [0.717, 1.165) is 5.56 Å². The number of benzene rings is 1. The van der Waals surface area contributed by atoms with Gasteiger partial charge in [0.05, 0.1) is 13.0 Å². The van der Waals surface area contributed by atoms with Gasteiger partial charge in [0.2, 0.25) is 5.90 Å². The second-order valence-corrected chi connectivity index (χ2v) is 3.48. The van der Waals surface area contributed by atoms with Gasteiger partial charge in [-0.15, -0.1) is 0 Å². The summed E-state index contributed by atoms with van der Waals surface area (Å²) in [6, 6.07) is 9.64. The summed E-state index contributed by atoms with van der Waals surface area (Å²) in [6.45, 7) is 1.98. The van der Waals surface area contributed by atoms with Gasteiger partial charge in [-0.1, -0.05) is 35.5 Å². The van der Waals surface area contributed by atoms with E-state index in [1.807, 2.05) is 30.3 Å². The van der Waals surface area contributed by atoms with Crippen molar-refractivity contribution in [2.75, 3.05) is 6.61 Å². The third kappa shape index (κ3) is 2.96.